The maximum Gasteiger partial charge on any atom is 0.329 e. The van der Waals surface area contributed by atoms with Crippen molar-refractivity contribution in [1.82, 2.24) is 30.2 Å². The van der Waals surface area contributed by atoms with E-state index in [-0.39, 0.29) is 106 Å². The summed E-state index contributed by atoms with van der Waals surface area (Å²) in [5.74, 6) is -5.66. The zero-order chi connectivity index (χ0) is 54.0. The van der Waals surface area contributed by atoms with E-state index in [2.05, 4.69) is 34.5 Å². The van der Waals surface area contributed by atoms with Gasteiger partial charge in [-0.1, -0.05) is 48.9 Å². The molecule has 4 fully saturated rings. The number of aliphatic hydroxyl groups is 1. The highest BCUT2D eigenvalue weighted by atomic mass is 35.5. The van der Waals surface area contributed by atoms with E-state index in [1.165, 1.54) is 33.8 Å². The number of nitrogens with zero attached hydrogens (tertiary/aromatic N) is 5. The molecule has 5 aliphatic rings. The number of hydrogen-bond donors (Lipinski definition) is 4. The molecule has 404 valence electrons. The summed E-state index contributed by atoms with van der Waals surface area (Å²) in [5.41, 5.74) is 4.82. The average Bonchev–Trinajstić information content (AvgIpc) is 4.05. The van der Waals surface area contributed by atoms with Gasteiger partial charge in [0.15, 0.2) is 28.8 Å². The fourth-order valence-corrected chi connectivity index (χ4v) is 13.1. The van der Waals surface area contributed by atoms with Crippen LogP contribution in [-0.2, 0) is 22.2 Å². The number of carbonyl (C=O) groups excluding carboxylic acids is 4. The number of aryl methyl sites for hydroxylation is 1. The van der Waals surface area contributed by atoms with Crippen molar-refractivity contribution in [2.45, 2.75) is 114 Å². The Morgan fingerprint density at radius 2 is 1.64 bits per heavy atom. The van der Waals surface area contributed by atoms with E-state index in [9.17, 15) is 24.3 Å². The van der Waals surface area contributed by atoms with Crippen LogP contribution in [0.25, 0.3) is 22.0 Å². The number of halogens is 5. The van der Waals surface area contributed by atoms with Gasteiger partial charge < -0.3 is 35.4 Å². The molecule has 3 saturated heterocycles. The summed E-state index contributed by atoms with van der Waals surface area (Å²) in [7, 11) is 1.55. The fraction of sp³-hybridized carbons (Fsp3) is 0.482. The summed E-state index contributed by atoms with van der Waals surface area (Å²) in [5, 5.41) is 19.5. The summed E-state index contributed by atoms with van der Waals surface area (Å²) < 4.78 is 78.4. The molecule has 0 spiro atoms. The number of rotatable bonds is 13. The molecule has 10 rings (SSSR count). The number of hydrogen-bond acceptors (Lipinski definition) is 10. The Hall–Kier alpha value is -6.28. The molecule has 0 radical (unpaired) electrons. The predicted molar refractivity (Wildman–Crippen MR) is 277 cm³/mol. The molecule has 4 aromatic carbocycles. The average molecular weight is 1070 g/mol. The largest absolute Gasteiger partial charge is 0.488 e. The third-order valence-electron chi connectivity index (χ3n) is 16.8. The van der Waals surface area contributed by atoms with Crippen LogP contribution >= 0.6 is 11.6 Å². The third-order valence-corrected chi connectivity index (χ3v) is 17.2. The number of anilines is 1. The summed E-state index contributed by atoms with van der Waals surface area (Å²) in [4.78, 5) is 57.3. The van der Waals surface area contributed by atoms with E-state index >= 15 is 17.6 Å². The van der Waals surface area contributed by atoms with Gasteiger partial charge >= 0.3 is 6.03 Å². The molecule has 20 heteroatoms. The number of aliphatic hydroxyl groups excluding tert-OH is 1. The highest BCUT2D eigenvalue weighted by Crippen LogP contribution is 2.57. The Labute approximate surface area is 443 Å². The number of ether oxygens (including phenoxy) is 2. The van der Waals surface area contributed by atoms with E-state index in [0.29, 0.717) is 63.7 Å². The second-order valence-corrected chi connectivity index (χ2v) is 22.0. The van der Waals surface area contributed by atoms with Gasteiger partial charge in [-0.25, -0.2) is 22.4 Å². The Kier molecular flexibility index (Phi) is 14.6. The van der Waals surface area contributed by atoms with Crippen molar-refractivity contribution >= 4 is 52.1 Å². The van der Waals surface area contributed by atoms with Gasteiger partial charge in [0, 0.05) is 90.9 Å². The molecule has 1 saturated carbocycles. The molecule has 3 atom stereocenters. The van der Waals surface area contributed by atoms with Gasteiger partial charge in [0.2, 0.25) is 17.7 Å². The minimum absolute atomic E-state index is 0.00573. The first-order valence-corrected chi connectivity index (χ1v) is 26.6. The molecule has 76 heavy (non-hydrogen) atoms. The Balaban J connectivity index is 0.780. The monoisotopic (exact) mass is 1070 g/mol. The third kappa shape index (κ3) is 9.44. The van der Waals surface area contributed by atoms with Crippen LogP contribution in [0.3, 0.4) is 0 Å². The van der Waals surface area contributed by atoms with Crippen molar-refractivity contribution in [3.8, 4) is 22.6 Å². The summed E-state index contributed by atoms with van der Waals surface area (Å²) in [6, 6.07) is 13.9. The molecule has 4 aliphatic heterocycles. The number of piperidine rings is 2. The lowest BCUT2D eigenvalue weighted by molar-refractivity contribution is -0.146. The van der Waals surface area contributed by atoms with Crippen LogP contribution in [0.15, 0.2) is 54.6 Å². The van der Waals surface area contributed by atoms with Gasteiger partial charge in [0.1, 0.15) is 29.5 Å². The molecule has 15 nitrogen and oxygen atoms in total. The number of primary amides is 1. The molecule has 1 aliphatic carbocycles. The predicted octanol–water partition coefficient (Wildman–Crippen LogP) is 8.56. The normalized spacial score (nSPS) is 24.1. The summed E-state index contributed by atoms with van der Waals surface area (Å²) in [6.45, 7) is 7.67. The number of likely N-dealkylation sites (tertiary alicyclic amines) is 2. The lowest BCUT2D eigenvalue weighted by Gasteiger charge is -2.50. The zero-order valence-electron chi connectivity index (χ0n) is 43.0. The van der Waals surface area contributed by atoms with Gasteiger partial charge in [-0.3, -0.25) is 29.3 Å². The summed E-state index contributed by atoms with van der Waals surface area (Å²) in [6.07, 6.45) is 5.42. The van der Waals surface area contributed by atoms with Crippen LogP contribution in [0, 0.1) is 29.2 Å². The maximum absolute atomic E-state index is 16.5. The fourth-order valence-electron chi connectivity index (χ4n) is 12.9. The lowest BCUT2D eigenvalue weighted by Crippen LogP contribution is -2.59. The van der Waals surface area contributed by atoms with E-state index in [4.69, 9.17) is 26.8 Å². The molecule has 0 bridgehead atoms. The summed E-state index contributed by atoms with van der Waals surface area (Å²) >= 11 is 6.73. The molecular weight excluding hydrogens is 1010 g/mol. The minimum Gasteiger partial charge on any atom is -0.488 e. The SMILES string of the molecule is C[C@H]1c2c(cc(F)c(Cl)c2-c2c(C(N)=O)ccc(OCCO)c2F)O[C@]1(CNC1CCC(C(=O)N2CC[C@H](N3CCC(c4c(F)cc5c(N6CCC(=O)NC6=O)nn(C)c5c4F)CC3)CC2(C)C)CC1)c1ccccc1. The standard InChI is InChI=1S/C56H63ClF4N8O7/c1-30-43-41(27-39(59)47(57)46(43)45-36(51(62)72)14-15-40(48(45)60)75-25-24-70)76-56(30,33-8-6-5-7-9-33)29-63-34-12-10-32(11-13-34)53(73)69-23-18-35(28-55(69,2)3)67-20-16-31(17-21-67)44-38(58)26-37-50(49(44)61)66(4)65-52(37)68-22-19-42(71)64-54(68)74/h5-9,14-15,26-27,30-32,34-35,63,70H,10-13,16-25,28-29H2,1-4H3,(H2,62,72)(H,64,71,74)/t30-,32?,34?,35-,56-/m0/s1. The number of benzene rings is 4. The first-order valence-electron chi connectivity index (χ1n) is 26.2. The Bertz CT molecular complexity index is 3110. The molecule has 1 aromatic heterocycles. The van der Waals surface area contributed by atoms with Crippen molar-refractivity contribution < 1.29 is 51.3 Å². The molecule has 5 N–H and O–H groups in total. The van der Waals surface area contributed by atoms with E-state index < -0.39 is 69.8 Å². The molecule has 5 heterocycles. The van der Waals surface area contributed by atoms with Crippen molar-refractivity contribution in [3.63, 3.8) is 0 Å². The topological polar surface area (TPSA) is 185 Å². The highest BCUT2D eigenvalue weighted by Gasteiger charge is 2.51. The van der Waals surface area contributed by atoms with Crippen molar-refractivity contribution in [2.75, 3.05) is 50.8 Å². The number of aromatic nitrogens is 2. The smallest absolute Gasteiger partial charge is 0.329 e. The van der Waals surface area contributed by atoms with Gasteiger partial charge in [-0.15, -0.1) is 0 Å². The van der Waals surface area contributed by atoms with E-state index in [1.54, 1.807) is 7.05 Å². The minimum atomic E-state index is -1.15. The number of carbonyl (C=O) groups is 4. The van der Waals surface area contributed by atoms with Crippen LogP contribution in [-0.4, -0.2) is 112 Å². The Morgan fingerprint density at radius 1 is 0.921 bits per heavy atom. The first kappa shape index (κ1) is 53.1. The van der Waals surface area contributed by atoms with Crippen molar-refractivity contribution in [1.29, 1.82) is 0 Å². The van der Waals surface area contributed by atoms with Crippen molar-refractivity contribution in [3.05, 3.63) is 105 Å². The van der Waals surface area contributed by atoms with Crippen LogP contribution in [0.4, 0.5) is 28.2 Å². The number of fused-ring (bicyclic) bond motifs is 2. The van der Waals surface area contributed by atoms with Gasteiger partial charge in [-0.2, -0.15) is 5.10 Å². The maximum atomic E-state index is 16.5. The molecular formula is C56H63ClF4N8O7. The van der Waals surface area contributed by atoms with Gasteiger partial charge in [0.05, 0.1) is 22.6 Å². The quantitative estimate of drug-likeness (QED) is 0.0834. The van der Waals surface area contributed by atoms with Gasteiger partial charge in [0.25, 0.3) is 0 Å². The second-order valence-electron chi connectivity index (χ2n) is 21.6. The number of nitrogens with two attached hydrogens (primary N) is 1. The van der Waals surface area contributed by atoms with Crippen LogP contribution in [0.1, 0.15) is 117 Å². The van der Waals surface area contributed by atoms with Gasteiger partial charge in [-0.05, 0) is 108 Å². The highest BCUT2D eigenvalue weighted by molar-refractivity contribution is 6.34. The van der Waals surface area contributed by atoms with E-state index in [0.717, 1.165) is 18.4 Å². The number of amides is 5. The van der Waals surface area contributed by atoms with Crippen LogP contribution < -0.4 is 30.7 Å². The molecule has 0 unspecified atom stereocenters. The second kappa shape index (κ2) is 20.9. The molecule has 5 amide bonds. The van der Waals surface area contributed by atoms with Crippen LogP contribution in [0.2, 0.25) is 5.02 Å². The first-order chi connectivity index (χ1) is 36.3. The lowest BCUT2D eigenvalue weighted by atomic mass is 9.77. The van der Waals surface area contributed by atoms with Crippen molar-refractivity contribution in [2.24, 2.45) is 18.7 Å². The van der Waals surface area contributed by atoms with Crippen LogP contribution in [0.5, 0.6) is 11.5 Å². The molecule has 5 aromatic rings. The number of urea groups is 1. The number of imide groups is 1. The Morgan fingerprint density at radius 3 is 2.32 bits per heavy atom. The number of nitrogens with one attached hydrogen (secondary N) is 2. The zero-order valence-corrected chi connectivity index (χ0v) is 43.8. The van der Waals surface area contributed by atoms with E-state index in [1.807, 2.05) is 42.2 Å².